The van der Waals surface area contributed by atoms with Crippen molar-refractivity contribution in [3.8, 4) is 11.5 Å². The number of benzene rings is 2. The lowest BCUT2D eigenvalue weighted by atomic mass is 10.2. The Balaban J connectivity index is 1.67. The highest BCUT2D eigenvalue weighted by Gasteiger charge is 2.23. The largest absolute Gasteiger partial charge is 0.486 e. The van der Waals surface area contributed by atoms with Gasteiger partial charge in [-0.1, -0.05) is 28.1 Å². The number of hydrogen-bond donors (Lipinski definition) is 1. The summed E-state index contributed by atoms with van der Waals surface area (Å²) in [5, 5.41) is 0. The normalized spacial score (nSPS) is 17.0. The van der Waals surface area contributed by atoms with Crippen molar-refractivity contribution in [1.82, 2.24) is 4.72 Å². The summed E-state index contributed by atoms with van der Waals surface area (Å²) in [6, 6.07) is 12.2. The summed E-state index contributed by atoms with van der Waals surface area (Å²) in [4.78, 5) is 0.232. The van der Waals surface area contributed by atoms with Crippen LogP contribution in [0.3, 0.4) is 0 Å². The molecular weight excluding hydrogens is 382 g/mol. The van der Waals surface area contributed by atoms with Crippen LogP contribution in [0.15, 0.2) is 51.8 Å². The van der Waals surface area contributed by atoms with Gasteiger partial charge >= 0.3 is 0 Å². The van der Waals surface area contributed by atoms with E-state index in [1.165, 1.54) is 0 Å². The minimum absolute atomic E-state index is 0.145. The number of rotatable bonds is 4. The molecule has 0 fully saturated rings. The second kappa shape index (κ2) is 6.51. The van der Waals surface area contributed by atoms with Crippen LogP contribution in [0, 0.1) is 6.92 Å². The fraction of sp³-hybridized carbons (Fsp3) is 0.250. The van der Waals surface area contributed by atoms with Gasteiger partial charge in [-0.25, -0.2) is 13.1 Å². The van der Waals surface area contributed by atoms with E-state index in [0.29, 0.717) is 18.1 Å². The van der Waals surface area contributed by atoms with Crippen molar-refractivity contribution in [1.29, 1.82) is 0 Å². The standard InChI is InChI=1S/C16H16BrNO4S/c1-11-8-13(6-7-14(11)17)23(19,20)18-9-12-10-21-15-4-2-3-5-16(15)22-12/h2-8,12,18H,9-10H2,1H3/t12-/m1/s1. The average Bonchev–Trinajstić information content (AvgIpc) is 2.55. The van der Waals surface area contributed by atoms with Crippen molar-refractivity contribution < 1.29 is 17.9 Å². The van der Waals surface area contributed by atoms with Crippen LogP contribution in [0.5, 0.6) is 11.5 Å². The van der Waals surface area contributed by atoms with Crippen molar-refractivity contribution in [2.45, 2.75) is 17.9 Å². The van der Waals surface area contributed by atoms with E-state index < -0.39 is 10.0 Å². The first kappa shape index (κ1) is 16.3. The molecular formula is C16H16BrNO4S. The van der Waals surface area contributed by atoms with Crippen LogP contribution in [-0.4, -0.2) is 27.7 Å². The van der Waals surface area contributed by atoms with Crippen LogP contribution in [0.4, 0.5) is 0 Å². The zero-order valence-corrected chi connectivity index (χ0v) is 14.9. The topological polar surface area (TPSA) is 64.6 Å². The van der Waals surface area contributed by atoms with E-state index in [1.54, 1.807) is 24.3 Å². The zero-order chi connectivity index (χ0) is 16.4. The highest BCUT2D eigenvalue weighted by Crippen LogP contribution is 2.30. The molecule has 0 unspecified atom stereocenters. The Bertz CT molecular complexity index is 823. The highest BCUT2D eigenvalue weighted by atomic mass is 79.9. The molecule has 23 heavy (non-hydrogen) atoms. The van der Waals surface area contributed by atoms with E-state index in [1.807, 2.05) is 25.1 Å². The van der Waals surface area contributed by atoms with E-state index in [4.69, 9.17) is 9.47 Å². The predicted octanol–water partition coefficient (Wildman–Crippen LogP) is 2.88. The Kier molecular flexibility index (Phi) is 4.61. The first-order chi connectivity index (χ1) is 11.0. The molecule has 0 saturated carbocycles. The summed E-state index contributed by atoms with van der Waals surface area (Å²) >= 11 is 3.36. The lowest BCUT2D eigenvalue weighted by molar-refractivity contribution is 0.0943. The Hall–Kier alpha value is -1.57. The molecule has 0 bridgehead atoms. The van der Waals surface area contributed by atoms with Gasteiger partial charge in [-0.2, -0.15) is 0 Å². The van der Waals surface area contributed by atoms with Crippen molar-refractivity contribution in [2.24, 2.45) is 0 Å². The van der Waals surface area contributed by atoms with Gasteiger partial charge in [-0.3, -0.25) is 0 Å². The fourth-order valence-electron chi connectivity index (χ4n) is 2.23. The minimum atomic E-state index is -3.58. The summed E-state index contributed by atoms with van der Waals surface area (Å²) in [5.41, 5.74) is 0.860. The Morgan fingerprint density at radius 3 is 2.70 bits per heavy atom. The third kappa shape index (κ3) is 3.68. The van der Waals surface area contributed by atoms with E-state index in [0.717, 1.165) is 10.0 Å². The predicted molar refractivity (Wildman–Crippen MR) is 90.4 cm³/mol. The molecule has 1 aliphatic heterocycles. The van der Waals surface area contributed by atoms with E-state index in [-0.39, 0.29) is 17.5 Å². The molecule has 0 saturated heterocycles. The maximum absolute atomic E-state index is 12.4. The third-order valence-electron chi connectivity index (χ3n) is 3.51. The molecule has 1 aliphatic rings. The number of halogens is 1. The maximum Gasteiger partial charge on any atom is 0.240 e. The molecule has 3 rings (SSSR count). The number of ether oxygens (including phenoxy) is 2. The molecule has 0 radical (unpaired) electrons. The van der Waals surface area contributed by atoms with Crippen LogP contribution in [0.2, 0.25) is 0 Å². The van der Waals surface area contributed by atoms with Gasteiger partial charge in [0.05, 0.1) is 11.4 Å². The van der Waals surface area contributed by atoms with Gasteiger partial charge in [0.15, 0.2) is 11.5 Å². The molecule has 7 heteroatoms. The van der Waals surface area contributed by atoms with Crippen LogP contribution in [0.1, 0.15) is 5.56 Å². The van der Waals surface area contributed by atoms with Crippen molar-refractivity contribution in [3.63, 3.8) is 0 Å². The molecule has 1 atom stereocenters. The first-order valence-corrected chi connectivity index (χ1v) is 9.37. The van der Waals surface area contributed by atoms with Gasteiger partial charge < -0.3 is 9.47 Å². The summed E-state index contributed by atoms with van der Waals surface area (Å²) in [6.07, 6.45) is -0.365. The lowest BCUT2D eigenvalue weighted by Gasteiger charge is -2.26. The maximum atomic E-state index is 12.4. The van der Waals surface area contributed by atoms with Gasteiger partial charge in [-0.15, -0.1) is 0 Å². The summed E-state index contributed by atoms with van der Waals surface area (Å²) in [5.74, 6) is 1.30. The molecule has 1 heterocycles. The minimum Gasteiger partial charge on any atom is -0.486 e. The number of fused-ring (bicyclic) bond motifs is 1. The van der Waals surface area contributed by atoms with Crippen molar-refractivity contribution >= 4 is 26.0 Å². The molecule has 2 aromatic carbocycles. The van der Waals surface area contributed by atoms with Gasteiger partial charge in [0, 0.05) is 4.47 Å². The summed E-state index contributed by atoms with van der Waals surface area (Å²) < 4.78 is 39.5. The number of hydrogen-bond acceptors (Lipinski definition) is 4. The average molecular weight is 398 g/mol. The van der Waals surface area contributed by atoms with Crippen LogP contribution in [-0.2, 0) is 10.0 Å². The Morgan fingerprint density at radius 2 is 1.96 bits per heavy atom. The van der Waals surface area contributed by atoms with E-state index >= 15 is 0 Å². The second-order valence-electron chi connectivity index (χ2n) is 5.26. The van der Waals surface area contributed by atoms with Crippen molar-refractivity contribution in [3.05, 3.63) is 52.5 Å². The molecule has 0 spiro atoms. The van der Waals surface area contributed by atoms with Gasteiger partial charge in [0.1, 0.15) is 12.7 Å². The SMILES string of the molecule is Cc1cc(S(=O)(=O)NC[C@@H]2COc3ccccc3O2)ccc1Br. The second-order valence-corrected chi connectivity index (χ2v) is 7.88. The molecule has 2 aromatic rings. The van der Waals surface area contributed by atoms with Crippen LogP contribution >= 0.6 is 15.9 Å². The first-order valence-electron chi connectivity index (χ1n) is 7.10. The molecule has 0 aromatic heterocycles. The molecule has 0 amide bonds. The molecule has 122 valence electrons. The highest BCUT2D eigenvalue weighted by molar-refractivity contribution is 9.10. The quantitative estimate of drug-likeness (QED) is 0.861. The van der Waals surface area contributed by atoms with Crippen LogP contribution < -0.4 is 14.2 Å². The van der Waals surface area contributed by atoms with E-state index in [2.05, 4.69) is 20.7 Å². The third-order valence-corrected chi connectivity index (χ3v) is 5.82. The van der Waals surface area contributed by atoms with Gasteiger partial charge in [0.25, 0.3) is 0 Å². The fourth-order valence-corrected chi connectivity index (χ4v) is 3.63. The summed E-state index contributed by atoms with van der Waals surface area (Å²) in [6.45, 7) is 2.29. The number of nitrogens with one attached hydrogen (secondary N) is 1. The summed E-state index contributed by atoms with van der Waals surface area (Å²) in [7, 11) is -3.58. The van der Waals surface area contributed by atoms with Gasteiger partial charge in [0.2, 0.25) is 10.0 Å². The zero-order valence-electron chi connectivity index (χ0n) is 12.5. The molecule has 1 N–H and O–H groups in total. The number of para-hydroxylation sites is 2. The van der Waals surface area contributed by atoms with Crippen LogP contribution in [0.25, 0.3) is 0 Å². The number of aryl methyl sites for hydroxylation is 1. The van der Waals surface area contributed by atoms with Gasteiger partial charge in [-0.05, 0) is 42.8 Å². The Labute approximate surface area is 143 Å². The van der Waals surface area contributed by atoms with Crippen molar-refractivity contribution in [2.75, 3.05) is 13.2 Å². The molecule has 5 nitrogen and oxygen atoms in total. The van der Waals surface area contributed by atoms with E-state index in [9.17, 15) is 8.42 Å². The lowest BCUT2D eigenvalue weighted by Crippen LogP contribution is -2.40. The smallest absolute Gasteiger partial charge is 0.240 e. The number of sulfonamides is 1. The Morgan fingerprint density at radius 1 is 1.22 bits per heavy atom. The molecule has 0 aliphatic carbocycles. The monoisotopic (exact) mass is 397 g/mol.